The largest absolute Gasteiger partial charge is 0.321 e. The number of sulfonamides is 1. The molecular formula is C20H25ClFN5O3S. The van der Waals surface area contributed by atoms with E-state index in [1.807, 2.05) is 0 Å². The summed E-state index contributed by atoms with van der Waals surface area (Å²) in [6.07, 6.45) is 0.381. The van der Waals surface area contributed by atoms with Crippen LogP contribution in [0.3, 0.4) is 0 Å². The highest BCUT2D eigenvalue weighted by Crippen LogP contribution is 2.35. The van der Waals surface area contributed by atoms with Gasteiger partial charge in [-0.15, -0.1) is 0 Å². The zero-order valence-electron chi connectivity index (χ0n) is 17.6. The van der Waals surface area contributed by atoms with Crippen LogP contribution < -0.4 is 16.4 Å². The van der Waals surface area contributed by atoms with Crippen LogP contribution in [0.15, 0.2) is 36.5 Å². The third-order valence-electron chi connectivity index (χ3n) is 5.62. The summed E-state index contributed by atoms with van der Waals surface area (Å²) < 4.78 is 40.5. The average Bonchev–Trinajstić information content (AvgIpc) is 2.72. The van der Waals surface area contributed by atoms with Crippen molar-refractivity contribution in [1.29, 1.82) is 0 Å². The molecule has 2 heterocycles. The first kappa shape index (κ1) is 23.6. The van der Waals surface area contributed by atoms with E-state index in [4.69, 9.17) is 17.3 Å². The second kappa shape index (κ2) is 8.10. The van der Waals surface area contributed by atoms with Crippen LogP contribution in [0.1, 0.15) is 36.8 Å². The van der Waals surface area contributed by atoms with E-state index in [1.54, 1.807) is 6.92 Å². The summed E-state index contributed by atoms with van der Waals surface area (Å²) in [5.41, 5.74) is 5.67. The van der Waals surface area contributed by atoms with Gasteiger partial charge in [0, 0.05) is 31.0 Å². The molecule has 1 aliphatic heterocycles. The topological polar surface area (TPSA) is 117 Å². The highest BCUT2D eigenvalue weighted by atomic mass is 35.5. The number of nitrogens with zero attached hydrogens (tertiary/aromatic N) is 2. The van der Waals surface area contributed by atoms with Crippen LogP contribution in [0.4, 0.5) is 10.1 Å². The molecule has 1 fully saturated rings. The van der Waals surface area contributed by atoms with Gasteiger partial charge in [-0.25, -0.2) is 22.1 Å². The number of aromatic nitrogens is 1. The number of rotatable bonds is 3. The number of benzene rings is 1. The number of carbonyl (C=O) groups excluding carboxylic acids is 1. The first-order chi connectivity index (χ1) is 14.3. The number of nitrogens with one attached hydrogen (secondary N) is 2. The normalized spacial score (nSPS) is 25.6. The van der Waals surface area contributed by atoms with Crippen molar-refractivity contribution in [2.24, 2.45) is 5.73 Å². The maximum Gasteiger partial charge on any atom is 0.274 e. The summed E-state index contributed by atoms with van der Waals surface area (Å²) in [6, 6.07) is 7.09. The number of nitrogens with two attached hydrogens (primary N) is 1. The molecule has 1 unspecified atom stereocenters. The summed E-state index contributed by atoms with van der Waals surface area (Å²) in [5, 5.41) is 6.15. The van der Waals surface area contributed by atoms with Gasteiger partial charge in [0.05, 0.1) is 16.7 Å². The Morgan fingerprint density at radius 2 is 2.00 bits per heavy atom. The Kier molecular flexibility index (Phi) is 6.16. The van der Waals surface area contributed by atoms with Crippen molar-refractivity contribution in [2.75, 3.05) is 18.9 Å². The SMILES string of the molecule is CN1C[C@@](C)(c2cc(NC(=O)c3ccc(Cl)cn3)ccc2F)NC(N)C(C)(C)S1(=O)=O. The first-order valence-electron chi connectivity index (χ1n) is 9.50. The molecule has 4 N–H and O–H groups in total. The highest BCUT2D eigenvalue weighted by molar-refractivity contribution is 7.90. The summed E-state index contributed by atoms with van der Waals surface area (Å²) in [6.45, 7) is 4.66. The molecule has 31 heavy (non-hydrogen) atoms. The average molecular weight is 470 g/mol. The van der Waals surface area contributed by atoms with Gasteiger partial charge < -0.3 is 11.1 Å². The number of anilines is 1. The monoisotopic (exact) mass is 469 g/mol. The van der Waals surface area contributed by atoms with Gasteiger partial charge in [-0.2, -0.15) is 0 Å². The van der Waals surface area contributed by atoms with Crippen molar-refractivity contribution in [3.63, 3.8) is 0 Å². The van der Waals surface area contributed by atoms with Crippen LogP contribution in [-0.4, -0.2) is 48.1 Å². The van der Waals surface area contributed by atoms with E-state index in [1.165, 1.54) is 61.7 Å². The molecule has 3 rings (SSSR count). The van der Waals surface area contributed by atoms with Crippen molar-refractivity contribution in [2.45, 2.75) is 37.2 Å². The van der Waals surface area contributed by atoms with Gasteiger partial charge >= 0.3 is 0 Å². The van der Waals surface area contributed by atoms with Crippen LogP contribution in [0.2, 0.25) is 5.02 Å². The fraction of sp³-hybridized carbons (Fsp3) is 0.400. The van der Waals surface area contributed by atoms with E-state index in [2.05, 4.69) is 15.6 Å². The van der Waals surface area contributed by atoms with Crippen molar-refractivity contribution >= 4 is 33.2 Å². The Morgan fingerprint density at radius 3 is 2.61 bits per heavy atom. The van der Waals surface area contributed by atoms with Gasteiger partial charge in [0.15, 0.2) is 0 Å². The second-order valence-corrected chi connectivity index (χ2v) is 11.4. The maximum atomic E-state index is 14.9. The molecule has 1 aromatic carbocycles. The van der Waals surface area contributed by atoms with E-state index in [9.17, 15) is 17.6 Å². The molecule has 2 atom stereocenters. The molecule has 0 aliphatic carbocycles. The number of amides is 1. The fourth-order valence-electron chi connectivity index (χ4n) is 3.55. The third kappa shape index (κ3) is 4.31. The lowest BCUT2D eigenvalue weighted by Crippen LogP contribution is -2.60. The number of halogens is 2. The fourth-order valence-corrected chi connectivity index (χ4v) is 5.27. The van der Waals surface area contributed by atoms with Crippen molar-refractivity contribution in [3.05, 3.63) is 58.6 Å². The van der Waals surface area contributed by atoms with E-state index in [0.29, 0.717) is 10.7 Å². The predicted octanol–water partition coefficient (Wildman–Crippen LogP) is 2.27. The Bertz CT molecular complexity index is 1110. The molecule has 0 bridgehead atoms. The highest BCUT2D eigenvalue weighted by Gasteiger charge is 2.50. The number of likely N-dealkylation sites (N-methyl/N-ethyl adjacent to an activating group) is 1. The number of hydrogen-bond acceptors (Lipinski definition) is 6. The molecule has 168 valence electrons. The Morgan fingerprint density at radius 1 is 1.32 bits per heavy atom. The Labute approximate surface area is 186 Å². The van der Waals surface area contributed by atoms with Crippen molar-refractivity contribution < 1.29 is 17.6 Å². The minimum absolute atomic E-state index is 0.0560. The second-order valence-electron chi connectivity index (χ2n) is 8.33. The van der Waals surface area contributed by atoms with Crippen LogP contribution in [0, 0.1) is 5.82 Å². The van der Waals surface area contributed by atoms with Crippen LogP contribution >= 0.6 is 11.6 Å². The lowest BCUT2D eigenvalue weighted by atomic mass is 9.89. The molecule has 0 saturated carbocycles. The van der Waals surface area contributed by atoms with E-state index < -0.39 is 38.2 Å². The van der Waals surface area contributed by atoms with E-state index >= 15 is 0 Å². The van der Waals surface area contributed by atoms with Crippen molar-refractivity contribution in [1.82, 2.24) is 14.6 Å². The van der Waals surface area contributed by atoms with Gasteiger partial charge in [-0.3, -0.25) is 10.1 Å². The number of hydrogen-bond donors (Lipinski definition) is 3. The summed E-state index contributed by atoms with van der Waals surface area (Å²) in [7, 11) is -2.32. The van der Waals surface area contributed by atoms with Crippen molar-refractivity contribution in [3.8, 4) is 0 Å². The quantitative estimate of drug-likeness (QED) is 0.634. The van der Waals surface area contributed by atoms with E-state index in [-0.39, 0.29) is 17.8 Å². The van der Waals surface area contributed by atoms with Gasteiger partial charge in [-0.05, 0) is 51.1 Å². The van der Waals surface area contributed by atoms with Crippen LogP contribution in [-0.2, 0) is 15.6 Å². The summed E-state index contributed by atoms with van der Waals surface area (Å²) in [4.78, 5) is 16.4. The van der Waals surface area contributed by atoms with Crippen LogP contribution in [0.5, 0.6) is 0 Å². The molecule has 1 aromatic heterocycles. The molecule has 1 amide bonds. The maximum absolute atomic E-state index is 14.9. The zero-order chi connectivity index (χ0) is 23.2. The van der Waals surface area contributed by atoms with Gasteiger partial charge in [0.25, 0.3) is 5.91 Å². The summed E-state index contributed by atoms with van der Waals surface area (Å²) in [5.74, 6) is -1.05. The molecule has 8 nitrogen and oxygen atoms in total. The molecule has 1 saturated heterocycles. The Balaban J connectivity index is 1.97. The number of carbonyl (C=O) groups is 1. The minimum Gasteiger partial charge on any atom is -0.321 e. The number of pyridine rings is 1. The molecule has 0 spiro atoms. The molecule has 0 radical (unpaired) electrons. The van der Waals surface area contributed by atoms with Gasteiger partial charge in [0.1, 0.15) is 16.3 Å². The lowest BCUT2D eigenvalue weighted by molar-refractivity contribution is 0.102. The molecular weight excluding hydrogens is 445 g/mol. The smallest absolute Gasteiger partial charge is 0.274 e. The van der Waals surface area contributed by atoms with Crippen LogP contribution in [0.25, 0.3) is 0 Å². The summed E-state index contributed by atoms with van der Waals surface area (Å²) >= 11 is 5.79. The lowest BCUT2D eigenvalue weighted by Gasteiger charge is -2.35. The van der Waals surface area contributed by atoms with E-state index in [0.717, 1.165) is 0 Å². The zero-order valence-corrected chi connectivity index (χ0v) is 19.2. The van der Waals surface area contributed by atoms with Gasteiger partial charge in [0.2, 0.25) is 10.0 Å². The minimum atomic E-state index is -3.75. The molecule has 1 aliphatic rings. The Hall–Kier alpha value is -2.11. The molecule has 2 aromatic rings. The molecule has 11 heteroatoms. The standard InChI is InChI=1S/C20H25ClFN5O3S/c1-19(2)18(23)26-20(3,11-27(4)31(19,29)30)14-9-13(6-7-15(14)22)25-17(28)16-8-5-12(21)10-24-16/h5-10,18,26H,11,23H2,1-4H3,(H,25,28)/t18?,20-/m0/s1. The third-order valence-corrected chi connectivity index (χ3v) is 8.37. The predicted molar refractivity (Wildman–Crippen MR) is 118 cm³/mol. The van der Waals surface area contributed by atoms with Gasteiger partial charge in [-0.1, -0.05) is 11.6 Å². The first-order valence-corrected chi connectivity index (χ1v) is 11.3.